The molecule has 0 aromatic rings. The SMILES string of the molecule is CCCCCCCCN1CCC(C(=O)OCC)C1. The maximum Gasteiger partial charge on any atom is 0.310 e. The first kappa shape index (κ1) is 15.5. The minimum Gasteiger partial charge on any atom is -0.466 e. The second-order valence-electron chi connectivity index (χ2n) is 5.31. The molecule has 3 nitrogen and oxygen atoms in total. The Morgan fingerprint density at radius 1 is 1.17 bits per heavy atom. The Kier molecular flexibility index (Phi) is 8.06. The van der Waals surface area contributed by atoms with Gasteiger partial charge in [0.2, 0.25) is 0 Å². The van der Waals surface area contributed by atoms with E-state index < -0.39 is 0 Å². The van der Waals surface area contributed by atoms with E-state index in [1.165, 1.54) is 38.5 Å². The Morgan fingerprint density at radius 2 is 1.89 bits per heavy atom. The van der Waals surface area contributed by atoms with Gasteiger partial charge in [0.05, 0.1) is 12.5 Å². The third kappa shape index (κ3) is 5.85. The summed E-state index contributed by atoms with van der Waals surface area (Å²) in [5, 5.41) is 0. The van der Waals surface area contributed by atoms with E-state index in [1.54, 1.807) is 0 Å². The molecule has 0 spiro atoms. The first-order valence-corrected chi connectivity index (χ1v) is 7.66. The lowest BCUT2D eigenvalue weighted by Gasteiger charge is -2.15. The summed E-state index contributed by atoms with van der Waals surface area (Å²) in [5.41, 5.74) is 0. The van der Waals surface area contributed by atoms with Crippen LogP contribution in [0.5, 0.6) is 0 Å². The van der Waals surface area contributed by atoms with Crippen LogP contribution in [-0.4, -0.2) is 37.1 Å². The van der Waals surface area contributed by atoms with Crippen LogP contribution in [0.25, 0.3) is 0 Å². The van der Waals surface area contributed by atoms with Crippen molar-refractivity contribution in [3.8, 4) is 0 Å². The highest BCUT2D eigenvalue weighted by Crippen LogP contribution is 2.18. The number of nitrogens with zero attached hydrogens (tertiary/aromatic N) is 1. The normalized spacial score (nSPS) is 20.2. The molecule has 3 heteroatoms. The van der Waals surface area contributed by atoms with Crippen molar-refractivity contribution in [1.29, 1.82) is 0 Å². The molecule has 0 N–H and O–H groups in total. The number of carbonyl (C=O) groups excluding carboxylic acids is 1. The molecule has 18 heavy (non-hydrogen) atoms. The fourth-order valence-electron chi connectivity index (χ4n) is 2.60. The molecule has 1 atom stereocenters. The summed E-state index contributed by atoms with van der Waals surface area (Å²) >= 11 is 0. The summed E-state index contributed by atoms with van der Waals surface area (Å²) in [6.45, 7) is 7.77. The highest BCUT2D eigenvalue weighted by atomic mass is 16.5. The number of likely N-dealkylation sites (tertiary alicyclic amines) is 1. The summed E-state index contributed by atoms with van der Waals surface area (Å²) in [6, 6.07) is 0. The average molecular weight is 255 g/mol. The van der Waals surface area contributed by atoms with Crippen molar-refractivity contribution in [3.05, 3.63) is 0 Å². The smallest absolute Gasteiger partial charge is 0.310 e. The van der Waals surface area contributed by atoms with Crippen molar-refractivity contribution in [1.82, 2.24) is 4.90 Å². The van der Waals surface area contributed by atoms with E-state index in [0.717, 1.165) is 26.1 Å². The lowest BCUT2D eigenvalue weighted by atomic mass is 10.1. The first-order valence-electron chi connectivity index (χ1n) is 7.66. The Balaban J connectivity index is 2.02. The number of ether oxygens (including phenoxy) is 1. The molecule has 0 amide bonds. The number of unbranched alkanes of at least 4 members (excludes halogenated alkanes) is 5. The topological polar surface area (TPSA) is 29.5 Å². The Morgan fingerprint density at radius 3 is 2.61 bits per heavy atom. The Hall–Kier alpha value is -0.570. The molecule has 106 valence electrons. The summed E-state index contributed by atoms with van der Waals surface area (Å²) in [6.07, 6.45) is 9.02. The van der Waals surface area contributed by atoms with Crippen LogP contribution in [0.3, 0.4) is 0 Å². The number of hydrogen-bond acceptors (Lipinski definition) is 3. The fraction of sp³-hybridized carbons (Fsp3) is 0.933. The summed E-state index contributed by atoms with van der Waals surface area (Å²) in [4.78, 5) is 14.0. The Labute approximate surface area is 112 Å². The molecule has 0 radical (unpaired) electrons. The van der Waals surface area contributed by atoms with Gasteiger partial charge in [-0.25, -0.2) is 0 Å². The van der Waals surface area contributed by atoms with Gasteiger partial charge >= 0.3 is 5.97 Å². The predicted octanol–water partition coefficient (Wildman–Crippen LogP) is 3.23. The van der Waals surface area contributed by atoms with Gasteiger partial charge in [-0.05, 0) is 32.9 Å². The van der Waals surface area contributed by atoms with Gasteiger partial charge in [-0.15, -0.1) is 0 Å². The van der Waals surface area contributed by atoms with Gasteiger partial charge in [0.15, 0.2) is 0 Å². The van der Waals surface area contributed by atoms with Crippen LogP contribution in [0.4, 0.5) is 0 Å². The van der Waals surface area contributed by atoms with Gasteiger partial charge in [-0.1, -0.05) is 39.0 Å². The molecular weight excluding hydrogens is 226 g/mol. The molecule has 0 aliphatic carbocycles. The zero-order valence-electron chi connectivity index (χ0n) is 12.1. The molecule has 1 fully saturated rings. The first-order chi connectivity index (χ1) is 8.77. The maximum atomic E-state index is 11.6. The van der Waals surface area contributed by atoms with Gasteiger partial charge in [0.25, 0.3) is 0 Å². The van der Waals surface area contributed by atoms with E-state index in [2.05, 4.69) is 11.8 Å². The maximum absolute atomic E-state index is 11.6. The van der Waals surface area contributed by atoms with Gasteiger partial charge in [0, 0.05) is 6.54 Å². The molecule has 1 aliphatic rings. The lowest BCUT2D eigenvalue weighted by Crippen LogP contribution is -2.25. The quantitative estimate of drug-likeness (QED) is 0.468. The van der Waals surface area contributed by atoms with Crippen molar-refractivity contribution >= 4 is 5.97 Å². The van der Waals surface area contributed by atoms with Crippen molar-refractivity contribution in [2.24, 2.45) is 5.92 Å². The molecule has 1 aliphatic heterocycles. The zero-order chi connectivity index (χ0) is 13.2. The lowest BCUT2D eigenvalue weighted by molar-refractivity contribution is -0.147. The van der Waals surface area contributed by atoms with Crippen molar-refractivity contribution in [2.75, 3.05) is 26.2 Å². The van der Waals surface area contributed by atoms with E-state index in [9.17, 15) is 4.79 Å². The van der Waals surface area contributed by atoms with Crippen molar-refractivity contribution in [3.63, 3.8) is 0 Å². The zero-order valence-corrected chi connectivity index (χ0v) is 12.1. The average Bonchev–Trinajstić information content (AvgIpc) is 2.83. The largest absolute Gasteiger partial charge is 0.466 e. The number of carbonyl (C=O) groups is 1. The van der Waals surface area contributed by atoms with Crippen LogP contribution < -0.4 is 0 Å². The minimum atomic E-state index is 0.00273. The van der Waals surface area contributed by atoms with Gasteiger partial charge < -0.3 is 9.64 Å². The highest BCUT2D eigenvalue weighted by molar-refractivity contribution is 5.73. The van der Waals surface area contributed by atoms with Crippen LogP contribution in [0, 0.1) is 5.92 Å². The van der Waals surface area contributed by atoms with Crippen molar-refractivity contribution < 1.29 is 9.53 Å². The molecule has 0 saturated carbocycles. The number of rotatable bonds is 9. The predicted molar refractivity (Wildman–Crippen MR) is 74.6 cm³/mol. The molecule has 1 rings (SSSR count). The van der Waals surface area contributed by atoms with Crippen LogP contribution in [0.1, 0.15) is 58.8 Å². The van der Waals surface area contributed by atoms with Crippen LogP contribution in [0.15, 0.2) is 0 Å². The van der Waals surface area contributed by atoms with Gasteiger partial charge in [0.1, 0.15) is 0 Å². The van der Waals surface area contributed by atoms with E-state index in [1.807, 2.05) is 6.92 Å². The molecule has 1 saturated heterocycles. The summed E-state index contributed by atoms with van der Waals surface area (Å²) in [7, 11) is 0. The Bertz CT molecular complexity index is 231. The minimum absolute atomic E-state index is 0.00273. The van der Waals surface area contributed by atoms with Crippen molar-refractivity contribution in [2.45, 2.75) is 58.8 Å². The highest BCUT2D eigenvalue weighted by Gasteiger charge is 2.28. The number of esters is 1. The number of hydrogen-bond donors (Lipinski definition) is 0. The standard InChI is InChI=1S/C15H29NO2/c1-3-5-6-7-8-9-11-16-12-10-14(13-16)15(17)18-4-2/h14H,3-13H2,1-2H3. The van der Waals surface area contributed by atoms with Crippen LogP contribution >= 0.6 is 0 Å². The summed E-state index contributed by atoms with van der Waals surface area (Å²) < 4.78 is 5.08. The van der Waals surface area contributed by atoms with Gasteiger partial charge in [-0.3, -0.25) is 4.79 Å². The fourth-order valence-corrected chi connectivity index (χ4v) is 2.60. The third-order valence-electron chi connectivity index (χ3n) is 3.72. The summed E-state index contributed by atoms with van der Waals surface area (Å²) in [5.74, 6) is 0.132. The van der Waals surface area contributed by atoms with Gasteiger partial charge in [-0.2, -0.15) is 0 Å². The van der Waals surface area contributed by atoms with E-state index in [0.29, 0.717) is 6.61 Å². The molecule has 1 unspecified atom stereocenters. The molecule has 0 aromatic carbocycles. The molecule has 1 heterocycles. The second kappa shape index (κ2) is 9.37. The van der Waals surface area contributed by atoms with Crippen LogP contribution in [-0.2, 0) is 9.53 Å². The van der Waals surface area contributed by atoms with E-state index in [4.69, 9.17) is 4.74 Å². The molecular formula is C15H29NO2. The second-order valence-corrected chi connectivity index (χ2v) is 5.31. The monoisotopic (exact) mass is 255 g/mol. The third-order valence-corrected chi connectivity index (χ3v) is 3.72. The van der Waals surface area contributed by atoms with E-state index >= 15 is 0 Å². The van der Waals surface area contributed by atoms with Crippen LogP contribution in [0.2, 0.25) is 0 Å². The molecule has 0 aromatic heterocycles. The molecule has 0 bridgehead atoms. The van der Waals surface area contributed by atoms with E-state index in [-0.39, 0.29) is 11.9 Å².